The molecule has 4 rings (SSSR count). The maximum Gasteiger partial charge on any atom is 0.321 e. The molecule has 5 nitrogen and oxygen atoms in total. The van der Waals surface area contributed by atoms with Crippen LogP contribution in [0.5, 0.6) is 0 Å². The Morgan fingerprint density at radius 2 is 1.86 bits per heavy atom. The van der Waals surface area contributed by atoms with Gasteiger partial charge in [-0.05, 0) is 41.8 Å². The second-order valence-electron chi connectivity index (χ2n) is 7.06. The molecule has 142 valence electrons. The van der Waals surface area contributed by atoms with Crippen molar-refractivity contribution in [1.82, 2.24) is 9.88 Å². The Balaban J connectivity index is 1.45. The molecule has 3 aromatic rings. The van der Waals surface area contributed by atoms with Gasteiger partial charge in [0.05, 0.1) is 12.2 Å². The van der Waals surface area contributed by atoms with Crippen molar-refractivity contribution >= 4 is 17.4 Å². The number of anilines is 2. The summed E-state index contributed by atoms with van der Waals surface area (Å²) in [6.07, 6.45) is 2.81. The lowest BCUT2D eigenvalue weighted by atomic mass is 10.1. The van der Waals surface area contributed by atoms with Crippen LogP contribution in [0.1, 0.15) is 16.8 Å². The van der Waals surface area contributed by atoms with E-state index in [2.05, 4.69) is 45.5 Å². The highest BCUT2D eigenvalue weighted by Gasteiger charge is 2.20. The van der Waals surface area contributed by atoms with Crippen molar-refractivity contribution in [3.8, 4) is 0 Å². The van der Waals surface area contributed by atoms with Gasteiger partial charge in [0.2, 0.25) is 0 Å². The SMILES string of the molecule is CN(Cc1ccccn1)C(=O)Nc1ccccc1CN1CCc2ccccc21. The van der Waals surface area contributed by atoms with E-state index in [1.807, 2.05) is 36.4 Å². The summed E-state index contributed by atoms with van der Waals surface area (Å²) in [4.78, 5) is 21.0. The summed E-state index contributed by atoms with van der Waals surface area (Å²) in [6, 6.07) is 22.1. The second kappa shape index (κ2) is 8.13. The molecular formula is C23H24N4O. The molecule has 0 saturated carbocycles. The molecule has 0 aliphatic carbocycles. The summed E-state index contributed by atoms with van der Waals surface area (Å²) in [5, 5.41) is 3.06. The van der Waals surface area contributed by atoms with Gasteiger partial charge >= 0.3 is 6.03 Å². The number of aromatic nitrogens is 1. The van der Waals surface area contributed by atoms with E-state index in [1.165, 1.54) is 11.3 Å². The summed E-state index contributed by atoms with van der Waals surface area (Å²) in [6.45, 7) is 2.24. The van der Waals surface area contributed by atoms with Crippen molar-refractivity contribution in [3.63, 3.8) is 0 Å². The van der Waals surface area contributed by atoms with Crippen LogP contribution in [0.4, 0.5) is 16.2 Å². The molecule has 2 heterocycles. The lowest BCUT2D eigenvalue weighted by Gasteiger charge is -2.23. The first-order valence-corrected chi connectivity index (χ1v) is 9.53. The number of urea groups is 1. The van der Waals surface area contributed by atoms with Crippen LogP contribution < -0.4 is 10.2 Å². The third-order valence-electron chi connectivity index (χ3n) is 5.08. The maximum absolute atomic E-state index is 12.7. The van der Waals surface area contributed by atoms with Gasteiger partial charge in [-0.25, -0.2) is 4.79 Å². The summed E-state index contributed by atoms with van der Waals surface area (Å²) in [5.41, 5.74) is 5.50. The van der Waals surface area contributed by atoms with Crippen LogP contribution in [0.25, 0.3) is 0 Å². The smallest absolute Gasteiger partial charge is 0.321 e. The minimum atomic E-state index is -0.139. The molecule has 2 aromatic carbocycles. The largest absolute Gasteiger partial charge is 0.367 e. The van der Waals surface area contributed by atoms with Crippen LogP contribution in [0, 0.1) is 0 Å². The van der Waals surface area contributed by atoms with Gasteiger partial charge in [-0.2, -0.15) is 0 Å². The van der Waals surface area contributed by atoms with Crippen LogP contribution >= 0.6 is 0 Å². The van der Waals surface area contributed by atoms with E-state index in [1.54, 1.807) is 18.1 Å². The van der Waals surface area contributed by atoms with Crippen LogP contribution in [0.15, 0.2) is 72.9 Å². The highest BCUT2D eigenvalue weighted by molar-refractivity contribution is 5.90. The van der Waals surface area contributed by atoms with Crippen molar-refractivity contribution < 1.29 is 4.79 Å². The lowest BCUT2D eigenvalue weighted by Crippen LogP contribution is -2.31. The zero-order valence-electron chi connectivity index (χ0n) is 16.0. The average molecular weight is 372 g/mol. The van der Waals surface area contributed by atoms with E-state index >= 15 is 0 Å². The molecule has 28 heavy (non-hydrogen) atoms. The first kappa shape index (κ1) is 18.0. The van der Waals surface area contributed by atoms with E-state index < -0.39 is 0 Å². The first-order chi connectivity index (χ1) is 13.7. The van der Waals surface area contributed by atoms with Gasteiger partial charge < -0.3 is 15.1 Å². The summed E-state index contributed by atoms with van der Waals surface area (Å²) in [7, 11) is 1.78. The predicted octanol–water partition coefficient (Wildman–Crippen LogP) is 4.31. The van der Waals surface area contributed by atoms with Crippen LogP contribution in [-0.2, 0) is 19.5 Å². The molecule has 0 fully saturated rings. The highest BCUT2D eigenvalue weighted by Crippen LogP contribution is 2.30. The number of fused-ring (bicyclic) bond motifs is 1. The third kappa shape index (κ3) is 3.98. The van der Waals surface area contributed by atoms with E-state index in [4.69, 9.17) is 0 Å². The summed E-state index contributed by atoms with van der Waals surface area (Å²) >= 11 is 0. The molecule has 1 aliphatic heterocycles. The fourth-order valence-electron chi connectivity index (χ4n) is 3.57. The fourth-order valence-corrected chi connectivity index (χ4v) is 3.57. The molecule has 0 atom stereocenters. The quantitative estimate of drug-likeness (QED) is 0.726. The van der Waals surface area contributed by atoms with E-state index in [0.29, 0.717) is 6.54 Å². The number of carbonyl (C=O) groups excluding carboxylic acids is 1. The van der Waals surface area contributed by atoms with Crippen molar-refractivity contribution in [2.45, 2.75) is 19.5 Å². The Morgan fingerprint density at radius 3 is 2.71 bits per heavy atom. The zero-order chi connectivity index (χ0) is 19.3. The van der Waals surface area contributed by atoms with Crippen LogP contribution in [0.3, 0.4) is 0 Å². The van der Waals surface area contributed by atoms with Crippen molar-refractivity contribution in [2.24, 2.45) is 0 Å². The summed E-state index contributed by atoms with van der Waals surface area (Å²) < 4.78 is 0. The highest BCUT2D eigenvalue weighted by atomic mass is 16.2. The van der Waals surface area contributed by atoms with Gasteiger partial charge in [-0.15, -0.1) is 0 Å². The van der Waals surface area contributed by atoms with Gasteiger partial charge in [-0.1, -0.05) is 42.5 Å². The molecule has 0 radical (unpaired) electrons. The molecular weight excluding hydrogens is 348 g/mol. The van der Waals surface area contributed by atoms with Gasteiger partial charge in [0.1, 0.15) is 0 Å². The first-order valence-electron chi connectivity index (χ1n) is 9.53. The number of nitrogens with one attached hydrogen (secondary N) is 1. The van der Waals surface area contributed by atoms with Gasteiger partial charge in [0.15, 0.2) is 0 Å². The van der Waals surface area contributed by atoms with Crippen LogP contribution in [-0.4, -0.2) is 29.5 Å². The monoisotopic (exact) mass is 372 g/mol. The number of nitrogens with zero attached hydrogens (tertiary/aromatic N) is 3. The average Bonchev–Trinajstić information content (AvgIpc) is 3.13. The predicted molar refractivity (Wildman–Crippen MR) is 112 cm³/mol. The normalized spacial score (nSPS) is 12.5. The van der Waals surface area contributed by atoms with Crippen LogP contribution in [0.2, 0.25) is 0 Å². The van der Waals surface area contributed by atoms with E-state index in [0.717, 1.165) is 36.5 Å². The Hall–Kier alpha value is -3.34. The minimum Gasteiger partial charge on any atom is -0.367 e. The zero-order valence-corrected chi connectivity index (χ0v) is 16.0. The topological polar surface area (TPSA) is 48.5 Å². The molecule has 1 N–H and O–H groups in total. The minimum absolute atomic E-state index is 0.139. The molecule has 0 saturated heterocycles. The number of benzene rings is 2. The third-order valence-corrected chi connectivity index (χ3v) is 5.08. The van der Waals surface area contributed by atoms with Gasteiger partial charge in [-0.3, -0.25) is 4.98 Å². The molecule has 0 bridgehead atoms. The summed E-state index contributed by atoms with van der Waals surface area (Å²) in [5.74, 6) is 0. The number of amides is 2. The Bertz CT molecular complexity index is 958. The van der Waals surface area contributed by atoms with Crippen molar-refractivity contribution in [2.75, 3.05) is 23.8 Å². The fraction of sp³-hybridized carbons (Fsp3) is 0.217. The number of carbonyl (C=O) groups is 1. The van der Waals surface area contributed by atoms with Crippen molar-refractivity contribution in [1.29, 1.82) is 0 Å². The molecule has 5 heteroatoms. The number of pyridine rings is 1. The maximum atomic E-state index is 12.7. The number of hydrogen-bond acceptors (Lipinski definition) is 3. The van der Waals surface area contributed by atoms with Gasteiger partial charge in [0.25, 0.3) is 0 Å². The number of para-hydroxylation sites is 2. The number of rotatable bonds is 5. The van der Waals surface area contributed by atoms with E-state index in [9.17, 15) is 4.79 Å². The Morgan fingerprint density at radius 1 is 1.07 bits per heavy atom. The number of hydrogen-bond donors (Lipinski definition) is 1. The van der Waals surface area contributed by atoms with Gasteiger partial charge in [0, 0.05) is 37.7 Å². The lowest BCUT2D eigenvalue weighted by molar-refractivity contribution is 0.220. The molecule has 0 unspecified atom stereocenters. The Kier molecular flexibility index (Phi) is 5.24. The molecule has 2 amide bonds. The Labute approximate surface area is 165 Å². The second-order valence-corrected chi connectivity index (χ2v) is 7.06. The van der Waals surface area contributed by atoms with E-state index in [-0.39, 0.29) is 6.03 Å². The molecule has 1 aliphatic rings. The molecule has 0 spiro atoms. The van der Waals surface area contributed by atoms with Crippen molar-refractivity contribution in [3.05, 3.63) is 89.7 Å². The standard InChI is InChI=1S/C23H24N4O/c1-26(17-20-10-6-7-14-24-20)23(28)25-21-11-4-2-9-19(21)16-27-15-13-18-8-3-5-12-22(18)27/h2-12,14H,13,15-17H2,1H3,(H,25,28). The molecule has 1 aromatic heterocycles.